The highest BCUT2D eigenvalue weighted by Crippen LogP contribution is 2.13. The second-order valence-electron chi connectivity index (χ2n) is 6.83. The second-order valence-corrected chi connectivity index (χ2v) is 7.27. The van der Waals surface area contributed by atoms with Crippen molar-refractivity contribution in [2.24, 2.45) is 11.7 Å². The largest absolute Gasteiger partial charge is 0.459 e. The lowest BCUT2D eigenvalue weighted by molar-refractivity contribution is -0.147. The summed E-state index contributed by atoms with van der Waals surface area (Å²) >= 11 is 5.84. The van der Waals surface area contributed by atoms with Crippen LogP contribution < -0.4 is 11.1 Å². The topological polar surface area (TPSA) is 98.5 Å². The van der Waals surface area contributed by atoms with Crippen molar-refractivity contribution in [2.45, 2.75) is 32.9 Å². The number of hydrogen-bond acceptors (Lipinski definition) is 4. The Labute approximate surface area is 169 Å². The Morgan fingerprint density at radius 1 is 1.00 bits per heavy atom. The van der Waals surface area contributed by atoms with Gasteiger partial charge in [-0.15, -0.1) is 0 Å². The molecule has 2 aromatic carbocycles. The van der Waals surface area contributed by atoms with Crippen molar-refractivity contribution in [1.82, 2.24) is 5.32 Å². The molecule has 28 heavy (non-hydrogen) atoms. The number of ether oxygens (including phenoxy) is 1. The van der Waals surface area contributed by atoms with Crippen LogP contribution in [0.1, 0.15) is 46.5 Å². The number of amides is 2. The number of benzene rings is 2. The summed E-state index contributed by atoms with van der Waals surface area (Å²) in [6.45, 7) is 3.94. The van der Waals surface area contributed by atoms with E-state index >= 15 is 0 Å². The zero-order valence-electron chi connectivity index (χ0n) is 15.8. The Hall–Kier alpha value is -2.86. The van der Waals surface area contributed by atoms with Crippen LogP contribution in [0, 0.1) is 5.92 Å². The number of primary amides is 1. The van der Waals surface area contributed by atoms with Crippen LogP contribution in [0.15, 0.2) is 48.5 Å². The fraction of sp³-hybridized carbons (Fsp3) is 0.286. The van der Waals surface area contributed by atoms with Crippen molar-refractivity contribution in [2.75, 3.05) is 0 Å². The van der Waals surface area contributed by atoms with E-state index in [9.17, 15) is 14.4 Å². The van der Waals surface area contributed by atoms with E-state index in [1.807, 2.05) is 13.8 Å². The Balaban J connectivity index is 2.00. The Morgan fingerprint density at radius 3 is 2.11 bits per heavy atom. The molecule has 7 heteroatoms. The number of hydrogen-bond donors (Lipinski definition) is 2. The molecule has 1 unspecified atom stereocenters. The molecule has 2 amide bonds. The molecular formula is C21H23ClN2O4. The lowest BCUT2D eigenvalue weighted by atomic mass is 10.0. The number of nitrogens with one attached hydrogen (secondary N) is 1. The van der Waals surface area contributed by atoms with Gasteiger partial charge in [-0.3, -0.25) is 9.59 Å². The van der Waals surface area contributed by atoms with Gasteiger partial charge in [0.05, 0.1) is 0 Å². The SMILES string of the molecule is CC(C)CC(NC(=O)c1ccc(Cl)cc1)C(=O)OCc1ccc(C(N)=O)cc1. The molecule has 148 valence electrons. The van der Waals surface area contributed by atoms with E-state index < -0.39 is 17.9 Å². The molecule has 0 bridgehead atoms. The van der Waals surface area contributed by atoms with Crippen LogP contribution >= 0.6 is 11.6 Å². The van der Waals surface area contributed by atoms with E-state index in [1.165, 1.54) is 0 Å². The maximum Gasteiger partial charge on any atom is 0.328 e. The molecule has 0 saturated heterocycles. The van der Waals surface area contributed by atoms with Gasteiger partial charge >= 0.3 is 5.97 Å². The highest BCUT2D eigenvalue weighted by molar-refractivity contribution is 6.30. The van der Waals surface area contributed by atoms with Crippen LogP contribution in [0.2, 0.25) is 5.02 Å². The fourth-order valence-electron chi connectivity index (χ4n) is 2.55. The average molecular weight is 403 g/mol. The molecular weight excluding hydrogens is 380 g/mol. The third-order valence-electron chi connectivity index (χ3n) is 4.02. The smallest absolute Gasteiger partial charge is 0.328 e. The zero-order chi connectivity index (χ0) is 20.7. The van der Waals surface area contributed by atoms with Gasteiger partial charge in [0, 0.05) is 16.1 Å². The van der Waals surface area contributed by atoms with Crippen molar-refractivity contribution >= 4 is 29.4 Å². The maximum absolute atomic E-state index is 12.5. The van der Waals surface area contributed by atoms with Gasteiger partial charge in [0.1, 0.15) is 12.6 Å². The van der Waals surface area contributed by atoms with Crippen molar-refractivity contribution < 1.29 is 19.1 Å². The highest BCUT2D eigenvalue weighted by atomic mass is 35.5. The van der Waals surface area contributed by atoms with Crippen molar-refractivity contribution in [3.05, 3.63) is 70.2 Å². The lowest BCUT2D eigenvalue weighted by Gasteiger charge is -2.19. The van der Waals surface area contributed by atoms with Crippen LogP contribution in [0.3, 0.4) is 0 Å². The fourth-order valence-corrected chi connectivity index (χ4v) is 2.67. The molecule has 0 aromatic heterocycles. The van der Waals surface area contributed by atoms with Crippen molar-refractivity contribution in [1.29, 1.82) is 0 Å². The Bertz CT molecular complexity index is 832. The molecule has 0 saturated carbocycles. The normalized spacial score (nSPS) is 11.7. The lowest BCUT2D eigenvalue weighted by Crippen LogP contribution is -2.42. The van der Waals surface area contributed by atoms with E-state index in [0.717, 1.165) is 0 Å². The minimum Gasteiger partial charge on any atom is -0.459 e. The number of rotatable bonds is 8. The van der Waals surface area contributed by atoms with E-state index in [2.05, 4.69) is 5.32 Å². The van der Waals surface area contributed by atoms with Gasteiger partial charge in [0.25, 0.3) is 5.91 Å². The van der Waals surface area contributed by atoms with Crippen molar-refractivity contribution in [3.63, 3.8) is 0 Å². The van der Waals surface area contributed by atoms with Gasteiger partial charge in [0.2, 0.25) is 5.91 Å². The van der Waals surface area contributed by atoms with Gasteiger partial charge in [-0.1, -0.05) is 37.6 Å². The number of nitrogens with two attached hydrogens (primary N) is 1. The van der Waals surface area contributed by atoms with Gasteiger partial charge < -0.3 is 15.8 Å². The molecule has 2 rings (SSSR count). The molecule has 0 spiro atoms. The molecule has 2 aromatic rings. The molecule has 0 aliphatic heterocycles. The quantitative estimate of drug-likeness (QED) is 0.661. The first-order valence-corrected chi connectivity index (χ1v) is 9.26. The second kappa shape index (κ2) is 9.90. The molecule has 1 atom stereocenters. The summed E-state index contributed by atoms with van der Waals surface area (Å²) < 4.78 is 5.36. The van der Waals surface area contributed by atoms with E-state index in [-0.39, 0.29) is 18.4 Å². The molecule has 0 aliphatic rings. The molecule has 3 N–H and O–H groups in total. The maximum atomic E-state index is 12.5. The predicted molar refractivity (Wildman–Crippen MR) is 107 cm³/mol. The Kier molecular flexibility index (Phi) is 7.58. The summed E-state index contributed by atoms with van der Waals surface area (Å²) in [6, 6.07) is 12.1. The summed E-state index contributed by atoms with van der Waals surface area (Å²) in [5.74, 6) is -1.23. The third-order valence-corrected chi connectivity index (χ3v) is 4.27. The summed E-state index contributed by atoms with van der Waals surface area (Å²) in [7, 11) is 0. The standard InChI is InChI=1S/C21H23ClN2O4/c1-13(2)11-18(24-20(26)16-7-9-17(22)10-8-16)21(27)28-12-14-3-5-15(6-4-14)19(23)25/h3-10,13,18H,11-12H2,1-2H3,(H2,23,25)(H,24,26). The van der Waals surface area contributed by atoms with Crippen LogP contribution in [0.25, 0.3) is 0 Å². The average Bonchev–Trinajstić information content (AvgIpc) is 2.66. The number of halogens is 1. The first-order chi connectivity index (χ1) is 13.3. The first kappa shape index (κ1) is 21.4. The van der Waals surface area contributed by atoms with Crippen LogP contribution in [0.4, 0.5) is 0 Å². The molecule has 6 nitrogen and oxygen atoms in total. The van der Waals surface area contributed by atoms with Crippen molar-refractivity contribution in [3.8, 4) is 0 Å². The summed E-state index contributed by atoms with van der Waals surface area (Å²) in [5, 5.41) is 3.25. The number of carbonyl (C=O) groups is 3. The van der Waals surface area contributed by atoms with E-state index in [1.54, 1.807) is 48.5 Å². The monoisotopic (exact) mass is 402 g/mol. The first-order valence-electron chi connectivity index (χ1n) is 8.88. The number of carbonyl (C=O) groups excluding carboxylic acids is 3. The zero-order valence-corrected chi connectivity index (χ0v) is 16.5. The van der Waals surface area contributed by atoms with Crippen LogP contribution in [-0.4, -0.2) is 23.8 Å². The summed E-state index contributed by atoms with van der Waals surface area (Å²) in [4.78, 5) is 36.0. The minimum absolute atomic E-state index is 0.0310. The minimum atomic E-state index is -0.770. The highest BCUT2D eigenvalue weighted by Gasteiger charge is 2.24. The van der Waals surface area contributed by atoms with Gasteiger partial charge in [-0.05, 0) is 54.3 Å². The molecule has 0 heterocycles. The van der Waals surface area contributed by atoms with Gasteiger partial charge in [-0.25, -0.2) is 4.79 Å². The predicted octanol–water partition coefficient (Wildman–Crippen LogP) is 3.33. The molecule has 0 aliphatic carbocycles. The van der Waals surface area contributed by atoms with Crippen LogP contribution in [-0.2, 0) is 16.1 Å². The Morgan fingerprint density at radius 2 is 1.57 bits per heavy atom. The van der Waals surface area contributed by atoms with E-state index in [0.29, 0.717) is 28.1 Å². The number of esters is 1. The molecule has 0 radical (unpaired) electrons. The van der Waals surface area contributed by atoms with E-state index in [4.69, 9.17) is 22.1 Å². The molecule has 0 fully saturated rings. The summed E-state index contributed by atoms with van der Waals surface area (Å²) in [5.41, 5.74) is 6.70. The summed E-state index contributed by atoms with van der Waals surface area (Å²) in [6.07, 6.45) is 0.443. The van der Waals surface area contributed by atoms with Gasteiger partial charge in [0.15, 0.2) is 0 Å². The third kappa shape index (κ3) is 6.39. The van der Waals surface area contributed by atoms with Gasteiger partial charge in [-0.2, -0.15) is 0 Å². The van der Waals surface area contributed by atoms with Crippen LogP contribution in [0.5, 0.6) is 0 Å².